The van der Waals surface area contributed by atoms with Crippen LogP contribution in [-0.2, 0) is 17.6 Å². The molecule has 0 fully saturated rings. The lowest BCUT2D eigenvalue weighted by molar-refractivity contribution is -0.108. The first-order chi connectivity index (χ1) is 10.3. The number of methoxy groups -OCH3 is 2. The molecule has 2 aromatic carbocycles. The summed E-state index contributed by atoms with van der Waals surface area (Å²) in [7, 11) is 3.28. The first-order valence-corrected chi connectivity index (χ1v) is 7.07. The van der Waals surface area contributed by atoms with Gasteiger partial charge in [0.2, 0.25) is 0 Å². The minimum atomic E-state index is -0.237. The molecule has 0 aromatic heterocycles. The van der Waals surface area contributed by atoms with Gasteiger partial charge in [-0.15, -0.1) is 0 Å². The average Bonchev–Trinajstić information content (AvgIpc) is 2.70. The van der Waals surface area contributed by atoms with Crippen molar-refractivity contribution < 1.29 is 14.3 Å². The van der Waals surface area contributed by atoms with E-state index < -0.39 is 0 Å². The second-order valence-electron chi connectivity index (χ2n) is 5.18. The van der Waals surface area contributed by atoms with Gasteiger partial charge in [-0.1, -0.05) is 30.3 Å². The fourth-order valence-corrected chi connectivity index (χ4v) is 3.19. The zero-order valence-electron chi connectivity index (χ0n) is 12.3. The summed E-state index contributed by atoms with van der Waals surface area (Å²) < 4.78 is 10.9. The van der Waals surface area contributed by atoms with Crippen LogP contribution in [0, 0.1) is 0 Å². The molecule has 0 radical (unpaired) electrons. The van der Waals surface area contributed by atoms with E-state index in [1.807, 2.05) is 30.3 Å². The first kappa shape index (κ1) is 13.7. The van der Waals surface area contributed by atoms with Gasteiger partial charge >= 0.3 is 0 Å². The summed E-state index contributed by atoms with van der Waals surface area (Å²) in [6, 6.07) is 12.0. The highest BCUT2D eigenvalue weighted by Gasteiger charge is 2.26. The van der Waals surface area contributed by atoms with E-state index in [0.717, 1.165) is 41.6 Å². The van der Waals surface area contributed by atoms with Crippen LogP contribution >= 0.6 is 0 Å². The van der Waals surface area contributed by atoms with Crippen molar-refractivity contribution in [3.05, 3.63) is 58.7 Å². The molecule has 1 unspecified atom stereocenters. The number of fused-ring (bicyclic) bond motifs is 2. The number of rotatable bonds is 3. The van der Waals surface area contributed by atoms with Crippen molar-refractivity contribution in [2.75, 3.05) is 14.2 Å². The third kappa shape index (κ3) is 2.19. The lowest BCUT2D eigenvalue weighted by atomic mass is 9.89. The van der Waals surface area contributed by atoms with Crippen molar-refractivity contribution in [2.24, 2.45) is 0 Å². The number of ether oxygens (including phenoxy) is 2. The maximum Gasteiger partial charge on any atom is 0.164 e. The van der Waals surface area contributed by atoms with Crippen LogP contribution in [0.2, 0.25) is 0 Å². The third-order valence-corrected chi connectivity index (χ3v) is 4.19. The molecule has 0 bridgehead atoms. The van der Waals surface area contributed by atoms with Crippen molar-refractivity contribution in [3.8, 4) is 11.5 Å². The van der Waals surface area contributed by atoms with Gasteiger partial charge in [0.05, 0.1) is 20.1 Å². The monoisotopic (exact) mass is 282 g/mol. The van der Waals surface area contributed by atoms with Crippen molar-refractivity contribution in [2.45, 2.75) is 18.8 Å². The minimum Gasteiger partial charge on any atom is -0.493 e. The molecule has 0 saturated heterocycles. The van der Waals surface area contributed by atoms with Crippen molar-refractivity contribution in [3.63, 3.8) is 0 Å². The van der Waals surface area contributed by atoms with Gasteiger partial charge in [0.1, 0.15) is 6.29 Å². The van der Waals surface area contributed by atoms with Crippen LogP contribution in [0.1, 0.15) is 28.2 Å². The molecular formula is C18H18O3. The Labute approximate surface area is 124 Å². The normalized spacial score (nSPS) is 16.4. The van der Waals surface area contributed by atoms with Crippen molar-refractivity contribution in [1.29, 1.82) is 0 Å². The quantitative estimate of drug-likeness (QED) is 0.811. The molecule has 0 amide bonds. The van der Waals surface area contributed by atoms with E-state index in [9.17, 15) is 4.79 Å². The number of aryl methyl sites for hydroxylation is 1. The number of hydrogen-bond donors (Lipinski definition) is 0. The molecule has 1 aliphatic carbocycles. The Hall–Kier alpha value is -2.29. The van der Waals surface area contributed by atoms with Gasteiger partial charge in [-0.2, -0.15) is 0 Å². The van der Waals surface area contributed by atoms with E-state index in [2.05, 4.69) is 6.07 Å². The summed E-state index contributed by atoms with van der Waals surface area (Å²) in [6.45, 7) is 0. The van der Waals surface area contributed by atoms with Crippen LogP contribution in [0.15, 0.2) is 36.4 Å². The molecule has 3 heteroatoms. The fraction of sp³-hybridized carbons (Fsp3) is 0.278. The third-order valence-electron chi connectivity index (χ3n) is 4.19. The van der Waals surface area contributed by atoms with Crippen LogP contribution in [0.3, 0.4) is 0 Å². The second-order valence-corrected chi connectivity index (χ2v) is 5.18. The van der Waals surface area contributed by atoms with Crippen LogP contribution in [0.5, 0.6) is 11.5 Å². The summed E-state index contributed by atoms with van der Waals surface area (Å²) >= 11 is 0. The summed E-state index contributed by atoms with van der Waals surface area (Å²) in [4.78, 5) is 11.7. The van der Waals surface area contributed by atoms with E-state index >= 15 is 0 Å². The van der Waals surface area contributed by atoms with E-state index in [4.69, 9.17) is 9.47 Å². The molecule has 0 spiro atoms. The molecule has 1 aliphatic rings. The zero-order chi connectivity index (χ0) is 14.8. The van der Waals surface area contributed by atoms with E-state index in [0.29, 0.717) is 5.75 Å². The number of carbonyl (C=O) groups excluding carboxylic acids is 1. The highest BCUT2D eigenvalue weighted by molar-refractivity contribution is 5.73. The van der Waals surface area contributed by atoms with Gasteiger partial charge in [-0.05, 0) is 35.6 Å². The van der Waals surface area contributed by atoms with Gasteiger partial charge in [0, 0.05) is 5.56 Å². The molecule has 3 nitrogen and oxygen atoms in total. The van der Waals surface area contributed by atoms with Gasteiger partial charge in [0.25, 0.3) is 0 Å². The van der Waals surface area contributed by atoms with Crippen LogP contribution in [-0.4, -0.2) is 20.5 Å². The molecule has 0 saturated carbocycles. The standard InChI is InChI=1S/C18H18O3/c1-20-17-10-9-14-15(18(17)21-2)8-7-12-5-3-4-6-13(12)16(14)11-19/h3-6,9-11,16H,7-8H2,1-2H3. The Bertz CT molecular complexity index is 676. The average molecular weight is 282 g/mol. The van der Waals surface area contributed by atoms with Gasteiger partial charge in [0.15, 0.2) is 11.5 Å². The smallest absolute Gasteiger partial charge is 0.164 e. The van der Waals surface area contributed by atoms with Gasteiger partial charge < -0.3 is 14.3 Å². The molecular weight excluding hydrogens is 264 g/mol. The predicted molar refractivity (Wildman–Crippen MR) is 81.3 cm³/mol. The van der Waals surface area contributed by atoms with Crippen molar-refractivity contribution >= 4 is 6.29 Å². The Morgan fingerprint density at radius 2 is 1.81 bits per heavy atom. The van der Waals surface area contributed by atoms with Gasteiger partial charge in [-0.3, -0.25) is 0 Å². The maximum atomic E-state index is 11.7. The largest absolute Gasteiger partial charge is 0.493 e. The molecule has 0 N–H and O–H groups in total. The van der Waals surface area contributed by atoms with Crippen LogP contribution in [0.25, 0.3) is 0 Å². The molecule has 0 aliphatic heterocycles. The second kappa shape index (κ2) is 5.60. The highest BCUT2D eigenvalue weighted by Crippen LogP contribution is 2.41. The summed E-state index contributed by atoms with van der Waals surface area (Å²) in [5.74, 6) is 1.22. The first-order valence-electron chi connectivity index (χ1n) is 7.07. The van der Waals surface area contributed by atoms with Crippen LogP contribution in [0.4, 0.5) is 0 Å². The number of benzene rings is 2. The van der Waals surface area contributed by atoms with E-state index in [1.54, 1.807) is 14.2 Å². The molecule has 1 atom stereocenters. The van der Waals surface area contributed by atoms with Gasteiger partial charge in [-0.25, -0.2) is 0 Å². The summed E-state index contributed by atoms with van der Waals surface area (Å²) in [5, 5.41) is 0. The van der Waals surface area contributed by atoms with E-state index in [1.165, 1.54) is 5.56 Å². The summed E-state index contributed by atoms with van der Waals surface area (Å²) in [6.07, 6.45) is 2.77. The Balaban J connectivity index is 2.23. The number of hydrogen-bond acceptors (Lipinski definition) is 3. The highest BCUT2D eigenvalue weighted by atomic mass is 16.5. The predicted octanol–water partition coefficient (Wildman–Crippen LogP) is 3.13. The summed E-state index contributed by atoms with van der Waals surface area (Å²) in [5.41, 5.74) is 4.42. The Morgan fingerprint density at radius 1 is 1.00 bits per heavy atom. The lowest BCUT2D eigenvalue weighted by Gasteiger charge is -2.18. The lowest BCUT2D eigenvalue weighted by Crippen LogP contribution is -2.06. The SMILES string of the molecule is COc1ccc2c(c1OC)CCc1ccccc1C2C=O. The zero-order valence-corrected chi connectivity index (χ0v) is 12.3. The molecule has 108 valence electrons. The minimum absolute atomic E-state index is 0.237. The molecule has 2 aromatic rings. The maximum absolute atomic E-state index is 11.7. The Morgan fingerprint density at radius 3 is 2.52 bits per heavy atom. The molecule has 3 rings (SSSR count). The number of aldehydes is 1. The topological polar surface area (TPSA) is 35.5 Å². The number of carbonyl (C=O) groups is 1. The van der Waals surface area contributed by atoms with Crippen LogP contribution < -0.4 is 9.47 Å². The van der Waals surface area contributed by atoms with Crippen molar-refractivity contribution in [1.82, 2.24) is 0 Å². The fourth-order valence-electron chi connectivity index (χ4n) is 3.19. The molecule has 21 heavy (non-hydrogen) atoms. The Kier molecular flexibility index (Phi) is 3.65. The molecule has 0 heterocycles. The van der Waals surface area contributed by atoms with E-state index in [-0.39, 0.29) is 5.92 Å².